The number of para-hydroxylation sites is 1. The topological polar surface area (TPSA) is 70.5 Å². The van der Waals surface area contributed by atoms with Crippen LogP contribution in [0.3, 0.4) is 0 Å². The molecule has 1 aliphatic heterocycles. The molecule has 1 N–H and O–H groups in total. The summed E-state index contributed by atoms with van der Waals surface area (Å²) >= 11 is 0. The molecule has 1 aliphatic rings. The molecule has 0 aliphatic carbocycles. The zero-order chi connectivity index (χ0) is 15.0. The molecule has 0 saturated carbocycles. The second-order valence-electron chi connectivity index (χ2n) is 5.32. The monoisotopic (exact) mass is 284 g/mol. The summed E-state index contributed by atoms with van der Waals surface area (Å²) in [4.78, 5) is 29.9. The molecule has 1 fully saturated rings. The molecule has 1 amide bonds. The molecule has 0 bridgehead atoms. The fourth-order valence-electron chi connectivity index (χ4n) is 2.84. The molecule has 3 rings (SSSR count). The van der Waals surface area contributed by atoms with E-state index in [0.29, 0.717) is 24.0 Å². The van der Waals surface area contributed by atoms with Gasteiger partial charge in [0, 0.05) is 17.6 Å². The smallest absolute Gasteiger partial charge is 0.326 e. The highest BCUT2D eigenvalue weighted by molar-refractivity contribution is 6.06. The molecule has 1 saturated heterocycles. The molecule has 108 valence electrons. The van der Waals surface area contributed by atoms with E-state index < -0.39 is 12.0 Å². The highest BCUT2D eigenvalue weighted by atomic mass is 16.4. The van der Waals surface area contributed by atoms with Crippen LogP contribution in [0.4, 0.5) is 0 Å². The van der Waals surface area contributed by atoms with E-state index in [1.165, 1.54) is 4.90 Å². The van der Waals surface area contributed by atoms with Crippen LogP contribution in [-0.4, -0.2) is 39.5 Å². The van der Waals surface area contributed by atoms with Crippen molar-refractivity contribution in [2.24, 2.45) is 0 Å². The maximum absolute atomic E-state index is 12.7. The van der Waals surface area contributed by atoms with Gasteiger partial charge in [-0.3, -0.25) is 9.78 Å². The van der Waals surface area contributed by atoms with Gasteiger partial charge in [-0.2, -0.15) is 0 Å². The van der Waals surface area contributed by atoms with Crippen LogP contribution in [0.25, 0.3) is 10.9 Å². The third kappa shape index (κ3) is 2.35. The maximum atomic E-state index is 12.7. The lowest BCUT2D eigenvalue weighted by Crippen LogP contribution is -2.40. The average molecular weight is 284 g/mol. The third-order valence-corrected chi connectivity index (χ3v) is 3.89. The summed E-state index contributed by atoms with van der Waals surface area (Å²) in [5, 5.41) is 10.1. The first kappa shape index (κ1) is 13.5. The number of carboxylic acid groups (broad SMARTS) is 1. The Kier molecular flexibility index (Phi) is 3.33. The summed E-state index contributed by atoms with van der Waals surface area (Å²) in [5.41, 5.74) is 1.95. The van der Waals surface area contributed by atoms with Crippen molar-refractivity contribution in [3.63, 3.8) is 0 Å². The second kappa shape index (κ2) is 5.16. The summed E-state index contributed by atoms with van der Waals surface area (Å²) in [7, 11) is 0. The number of likely N-dealkylation sites (tertiary alicyclic amines) is 1. The van der Waals surface area contributed by atoms with Crippen molar-refractivity contribution in [2.45, 2.75) is 25.8 Å². The minimum atomic E-state index is -0.940. The number of hydrogen-bond donors (Lipinski definition) is 1. The van der Waals surface area contributed by atoms with Crippen molar-refractivity contribution >= 4 is 22.8 Å². The van der Waals surface area contributed by atoms with Crippen molar-refractivity contribution < 1.29 is 14.7 Å². The van der Waals surface area contributed by atoms with Gasteiger partial charge in [0.05, 0.1) is 11.1 Å². The molecule has 1 aromatic heterocycles. The van der Waals surface area contributed by atoms with Gasteiger partial charge in [-0.05, 0) is 31.9 Å². The Morgan fingerprint density at radius 1 is 1.29 bits per heavy atom. The predicted octanol–water partition coefficient (Wildman–Crippen LogP) is 2.23. The number of carboxylic acids is 1. The second-order valence-corrected chi connectivity index (χ2v) is 5.32. The predicted molar refractivity (Wildman–Crippen MR) is 78.2 cm³/mol. The summed E-state index contributed by atoms with van der Waals surface area (Å²) in [5.74, 6) is -1.19. The molecule has 5 heteroatoms. The zero-order valence-corrected chi connectivity index (χ0v) is 11.7. The van der Waals surface area contributed by atoms with Crippen molar-refractivity contribution in [3.8, 4) is 0 Å². The molecule has 0 radical (unpaired) electrons. The molecular formula is C16H16N2O3. The number of rotatable bonds is 2. The number of benzene rings is 1. The van der Waals surface area contributed by atoms with E-state index in [1.54, 1.807) is 12.1 Å². The number of pyridine rings is 1. The van der Waals surface area contributed by atoms with Crippen molar-refractivity contribution in [1.29, 1.82) is 0 Å². The van der Waals surface area contributed by atoms with Crippen LogP contribution in [0, 0.1) is 6.92 Å². The van der Waals surface area contributed by atoms with Crippen LogP contribution in [-0.2, 0) is 4.79 Å². The number of carbonyl (C=O) groups excluding carboxylic acids is 1. The van der Waals surface area contributed by atoms with Gasteiger partial charge in [-0.15, -0.1) is 0 Å². The van der Waals surface area contributed by atoms with Gasteiger partial charge in [0.2, 0.25) is 0 Å². The van der Waals surface area contributed by atoms with E-state index in [9.17, 15) is 14.7 Å². The van der Waals surface area contributed by atoms with Crippen molar-refractivity contribution in [3.05, 3.63) is 41.6 Å². The van der Waals surface area contributed by atoms with Crippen LogP contribution in [0.15, 0.2) is 30.3 Å². The molecule has 0 spiro atoms. The summed E-state index contributed by atoms with van der Waals surface area (Å²) in [6.07, 6.45) is 1.23. The van der Waals surface area contributed by atoms with Crippen LogP contribution >= 0.6 is 0 Å². The number of carbonyl (C=O) groups is 2. The quantitative estimate of drug-likeness (QED) is 0.918. The Bertz CT molecular complexity index is 727. The number of fused-ring (bicyclic) bond motifs is 1. The van der Waals surface area contributed by atoms with Crippen molar-refractivity contribution in [1.82, 2.24) is 9.88 Å². The SMILES string of the molecule is Cc1ccc2cccc(C(=O)N3CCC[C@H]3C(=O)O)c2n1. The molecule has 0 unspecified atom stereocenters. The molecular weight excluding hydrogens is 268 g/mol. The van der Waals surface area contributed by atoms with Crippen LogP contribution in [0.2, 0.25) is 0 Å². The van der Waals surface area contributed by atoms with Crippen LogP contribution in [0.5, 0.6) is 0 Å². The Balaban J connectivity index is 2.06. The number of aryl methyl sites for hydroxylation is 1. The highest BCUT2D eigenvalue weighted by Gasteiger charge is 2.35. The lowest BCUT2D eigenvalue weighted by molar-refractivity contribution is -0.141. The molecule has 5 nitrogen and oxygen atoms in total. The lowest BCUT2D eigenvalue weighted by atomic mass is 10.1. The average Bonchev–Trinajstić information content (AvgIpc) is 2.95. The number of amides is 1. The molecule has 1 aromatic carbocycles. The first-order valence-corrected chi connectivity index (χ1v) is 6.98. The largest absolute Gasteiger partial charge is 0.480 e. The van der Waals surface area contributed by atoms with E-state index in [0.717, 1.165) is 17.5 Å². The fraction of sp³-hybridized carbons (Fsp3) is 0.312. The van der Waals surface area contributed by atoms with Gasteiger partial charge < -0.3 is 10.0 Å². The third-order valence-electron chi connectivity index (χ3n) is 3.89. The Labute approximate surface area is 122 Å². The summed E-state index contributed by atoms with van der Waals surface area (Å²) < 4.78 is 0. The standard InChI is InChI=1S/C16H16N2O3/c1-10-7-8-11-4-2-5-12(14(11)17-10)15(19)18-9-3-6-13(18)16(20)21/h2,4-5,7-8,13H,3,6,9H2,1H3,(H,20,21)/t13-/m0/s1. The van der Waals surface area contributed by atoms with E-state index in [2.05, 4.69) is 4.98 Å². The number of aromatic nitrogens is 1. The van der Waals surface area contributed by atoms with Crippen molar-refractivity contribution in [2.75, 3.05) is 6.54 Å². The normalized spacial score (nSPS) is 18.1. The molecule has 2 heterocycles. The van der Waals surface area contributed by atoms with Gasteiger partial charge >= 0.3 is 5.97 Å². The van der Waals surface area contributed by atoms with Crippen LogP contribution < -0.4 is 0 Å². The van der Waals surface area contributed by atoms with Gasteiger partial charge in [-0.1, -0.05) is 18.2 Å². The van der Waals surface area contributed by atoms with Gasteiger partial charge in [0.25, 0.3) is 5.91 Å². The van der Waals surface area contributed by atoms with Gasteiger partial charge in [0.1, 0.15) is 6.04 Å². The van der Waals surface area contributed by atoms with E-state index in [1.807, 2.05) is 25.1 Å². The summed E-state index contributed by atoms with van der Waals surface area (Å²) in [6.45, 7) is 2.36. The number of nitrogens with zero attached hydrogens (tertiary/aromatic N) is 2. The van der Waals surface area contributed by atoms with E-state index in [4.69, 9.17) is 0 Å². The molecule has 2 aromatic rings. The van der Waals surface area contributed by atoms with E-state index >= 15 is 0 Å². The number of aliphatic carboxylic acids is 1. The first-order chi connectivity index (χ1) is 10.1. The lowest BCUT2D eigenvalue weighted by Gasteiger charge is -2.22. The minimum Gasteiger partial charge on any atom is -0.480 e. The maximum Gasteiger partial charge on any atom is 0.326 e. The molecule has 21 heavy (non-hydrogen) atoms. The zero-order valence-electron chi connectivity index (χ0n) is 11.7. The molecule has 1 atom stereocenters. The van der Waals surface area contributed by atoms with Gasteiger partial charge in [-0.25, -0.2) is 4.79 Å². The highest BCUT2D eigenvalue weighted by Crippen LogP contribution is 2.24. The Morgan fingerprint density at radius 2 is 2.10 bits per heavy atom. The van der Waals surface area contributed by atoms with Gasteiger partial charge in [0.15, 0.2) is 0 Å². The summed E-state index contributed by atoms with van der Waals surface area (Å²) in [6, 6.07) is 8.52. The van der Waals surface area contributed by atoms with Crippen LogP contribution in [0.1, 0.15) is 28.9 Å². The first-order valence-electron chi connectivity index (χ1n) is 6.98. The Morgan fingerprint density at radius 3 is 2.86 bits per heavy atom. The number of hydrogen-bond acceptors (Lipinski definition) is 3. The minimum absolute atomic E-state index is 0.247. The Hall–Kier alpha value is -2.43. The fourth-order valence-corrected chi connectivity index (χ4v) is 2.84. The van der Waals surface area contributed by atoms with E-state index in [-0.39, 0.29) is 5.91 Å².